The normalized spacial score (nSPS) is 22.8. The van der Waals surface area contributed by atoms with Crippen molar-refractivity contribution in [3.63, 3.8) is 0 Å². The summed E-state index contributed by atoms with van der Waals surface area (Å²) in [5, 5.41) is 0. The molecule has 1 unspecified atom stereocenters. The fraction of sp³-hybridized carbons (Fsp3) is 0.579. The molecule has 1 aromatic rings. The highest BCUT2D eigenvalue weighted by molar-refractivity contribution is 5.49. The number of allylic oxidation sites excluding steroid dienone is 2. The average Bonchev–Trinajstić information content (AvgIpc) is 2.61. The summed E-state index contributed by atoms with van der Waals surface area (Å²) in [4.78, 5) is 4.50. The van der Waals surface area contributed by atoms with E-state index in [0.29, 0.717) is 11.6 Å². The molecule has 0 bridgehead atoms. The Balaban J connectivity index is 1.50. The summed E-state index contributed by atoms with van der Waals surface area (Å²) in [7, 11) is 0. The lowest BCUT2D eigenvalue weighted by molar-refractivity contribution is -0.137. The Labute approximate surface area is 141 Å². The van der Waals surface area contributed by atoms with Gasteiger partial charge in [0.1, 0.15) is 0 Å². The molecule has 1 heterocycles. The summed E-state index contributed by atoms with van der Waals surface area (Å²) >= 11 is 0. The van der Waals surface area contributed by atoms with Gasteiger partial charge in [-0.3, -0.25) is 4.90 Å². The second-order valence-corrected chi connectivity index (χ2v) is 6.78. The van der Waals surface area contributed by atoms with Crippen LogP contribution in [0.5, 0.6) is 0 Å². The lowest BCUT2D eigenvalue weighted by atomic mass is 9.93. The number of nitrogens with zero attached hydrogens (tertiary/aromatic N) is 2. The average molecular weight is 338 g/mol. The SMILES string of the molecule is FC(F)(F)c1cccc(N2CCN(CCC3C=CCCC3)CC2)c1. The third-order valence-electron chi connectivity index (χ3n) is 5.08. The zero-order chi connectivity index (χ0) is 17.0. The molecule has 0 amide bonds. The van der Waals surface area contributed by atoms with Crippen LogP contribution in [0.3, 0.4) is 0 Å². The number of rotatable bonds is 4. The van der Waals surface area contributed by atoms with Crippen molar-refractivity contribution in [3.05, 3.63) is 42.0 Å². The smallest absolute Gasteiger partial charge is 0.369 e. The number of anilines is 1. The fourth-order valence-corrected chi connectivity index (χ4v) is 3.58. The summed E-state index contributed by atoms with van der Waals surface area (Å²) in [6.07, 6.45) is 5.37. The lowest BCUT2D eigenvalue weighted by Crippen LogP contribution is -2.46. The first-order chi connectivity index (χ1) is 11.5. The third kappa shape index (κ3) is 4.53. The van der Waals surface area contributed by atoms with Crippen LogP contribution in [0.2, 0.25) is 0 Å². The van der Waals surface area contributed by atoms with Crippen LogP contribution in [-0.4, -0.2) is 37.6 Å². The van der Waals surface area contributed by atoms with Crippen molar-refractivity contribution in [3.8, 4) is 0 Å². The molecule has 1 aromatic carbocycles. The summed E-state index contributed by atoms with van der Waals surface area (Å²) in [5.41, 5.74) is 0.117. The standard InChI is InChI=1S/C19H25F3N2/c20-19(21,22)17-7-4-8-18(15-17)24-13-11-23(12-14-24)10-9-16-5-2-1-3-6-16/h2,4-5,7-8,15-16H,1,3,6,9-14H2. The van der Waals surface area contributed by atoms with E-state index in [2.05, 4.69) is 22.0 Å². The maximum Gasteiger partial charge on any atom is 0.416 e. The predicted octanol–water partition coefficient (Wildman–Crippen LogP) is 4.57. The highest BCUT2D eigenvalue weighted by Crippen LogP contribution is 2.32. The minimum Gasteiger partial charge on any atom is -0.369 e. The minimum absolute atomic E-state index is 0.563. The van der Waals surface area contributed by atoms with Crippen molar-refractivity contribution in [2.45, 2.75) is 31.9 Å². The van der Waals surface area contributed by atoms with Gasteiger partial charge in [-0.15, -0.1) is 0 Å². The van der Waals surface area contributed by atoms with E-state index in [1.807, 2.05) is 0 Å². The molecule has 2 nitrogen and oxygen atoms in total. The molecule has 0 aromatic heterocycles. The largest absolute Gasteiger partial charge is 0.416 e. The van der Waals surface area contributed by atoms with E-state index < -0.39 is 11.7 Å². The minimum atomic E-state index is -4.27. The van der Waals surface area contributed by atoms with Gasteiger partial charge in [-0.2, -0.15) is 13.2 Å². The monoisotopic (exact) mass is 338 g/mol. The first kappa shape index (κ1) is 17.3. The van der Waals surface area contributed by atoms with Gasteiger partial charge >= 0.3 is 6.18 Å². The maximum absolute atomic E-state index is 12.8. The second-order valence-electron chi connectivity index (χ2n) is 6.78. The number of hydrogen-bond acceptors (Lipinski definition) is 2. The number of benzene rings is 1. The van der Waals surface area contributed by atoms with Crippen LogP contribution in [0.15, 0.2) is 36.4 Å². The molecule has 1 aliphatic carbocycles. The summed E-state index contributed by atoms with van der Waals surface area (Å²) in [6, 6.07) is 5.68. The van der Waals surface area contributed by atoms with Crippen LogP contribution in [0.1, 0.15) is 31.2 Å². The zero-order valence-corrected chi connectivity index (χ0v) is 13.9. The highest BCUT2D eigenvalue weighted by Gasteiger charge is 2.31. The molecule has 0 saturated carbocycles. The van der Waals surface area contributed by atoms with Crippen LogP contribution in [0.25, 0.3) is 0 Å². The van der Waals surface area contributed by atoms with E-state index in [4.69, 9.17) is 0 Å². The third-order valence-corrected chi connectivity index (χ3v) is 5.08. The van der Waals surface area contributed by atoms with E-state index in [1.165, 1.54) is 37.8 Å². The molecule has 0 spiro atoms. The van der Waals surface area contributed by atoms with Crippen LogP contribution >= 0.6 is 0 Å². The molecular weight excluding hydrogens is 313 g/mol. The van der Waals surface area contributed by atoms with E-state index in [9.17, 15) is 13.2 Å². The number of halogens is 3. The van der Waals surface area contributed by atoms with Gasteiger partial charge in [0.25, 0.3) is 0 Å². The van der Waals surface area contributed by atoms with Crippen molar-refractivity contribution >= 4 is 5.69 Å². The summed E-state index contributed by atoms with van der Waals surface area (Å²) in [5.74, 6) is 0.709. The number of alkyl halides is 3. The maximum atomic E-state index is 12.8. The van der Waals surface area contributed by atoms with Crippen LogP contribution in [0.4, 0.5) is 18.9 Å². The first-order valence-electron chi connectivity index (χ1n) is 8.83. The Kier molecular flexibility index (Phi) is 5.49. The highest BCUT2D eigenvalue weighted by atomic mass is 19.4. The molecule has 5 heteroatoms. The van der Waals surface area contributed by atoms with Crippen molar-refractivity contribution < 1.29 is 13.2 Å². The molecule has 2 aliphatic rings. The van der Waals surface area contributed by atoms with Gasteiger partial charge in [0.15, 0.2) is 0 Å². The molecule has 24 heavy (non-hydrogen) atoms. The van der Waals surface area contributed by atoms with E-state index in [0.717, 1.165) is 38.8 Å². The molecule has 3 rings (SSSR count). The molecule has 1 fully saturated rings. The molecular formula is C19H25F3N2. The second kappa shape index (κ2) is 7.60. The van der Waals surface area contributed by atoms with Crippen molar-refractivity contribution in [1.29, 1.82) is 0 Å². The Morgan fingerprint density at radius 1 is 1.08 bits per heavy atom. The van der Waals surface area contributed by atoms with Crippen LogP contribution < -0.4 is 4.90 Å². The zero-order valence-electron chi connectivity index (χ0n) is 13.9. The lowest BCUT2D eigenvalue weighted by Gasteiger charge is -2.36. The van der Waals surface area contributed by atoms with Crippen LogP contribution in [-0.2, 0) is 6.18 Å². The quantitative estimate of drug-likeness (QED) is 0.742. The Bertz CT molecular complexity index is 560. The van der Waals surface area contributed by atoms with Gasteiger partial charge in [-0.25, -0.2) is 0 Å². The molecule has 132 valence electrons. The molecule has 1 atom stereocenters. The predicted molar refractivity (Wildman–Crippen MR) is 91.2 cm³/mol. The summed E-state index contributed by atoms with van der Waals surface area (Å²) < 4.78 is 38.5. The number of hydrogen-bond donors (Lipinski definition) is 0. The first-order valence-corrected chi connectivity index (χ1v) is 8.83. The summed E-state index contributed by atoms with van der Waals surface area (Å²) in [6.45, 7) is 4.52. The molecule has 0 N–H and O–H groups in total. The molecule has 1 aliphatic heterocycles. The van der Waals surface area contributed by atoms with Crippen molar-refractivity contribution in [2.75, 3.05) is 37.6 Å². The topological polar surface area (TPSA) is 6.48 Å². The molecule has 1 saturated heterocycles. The Hall–Kier alpha value is -1.49. The van der Waals surface area contributed by atoms with Crippen LogP contribution in [0, 0.1) is 5.92 Å². The molecule has 0 radical (unpaired) electrons. The van der Waals surface area contributed by atoms with Crippen molar-refractivity contribution in [2.24, 2.45) is 5.92 Å². The van der Waals surface area contributed by atoms with Gasteiger partial charge in [-0.05, 0) is 56.3 Å². The van der Waals surface area contributed by atoms with Gasteiger partial charge in [0.2, 0.25) is 0 Å². The van der Waals surface area contributed by atoms with Gasteiger partial charge in [-0.1, -0.05) is 18.2 Å². The Morgan fingerprint density at radius 2 is 1.88 bits per heavy atom. The fourth-order valence-electron chi connectivity index (χ4n) is 3.58. The number of piperazine rings is 1. The van der Waals surface area contributed by atoms with Gasteiger partial charge < -0.3 is 4.90 Å². The van der Waals surface area contributed by atoms with E-state index in [1.54, 1.807) is 6.07 Å². The van der Waals surface area contributed by atoms with Gasteiger partial charge in [0.05, 0.1) is 5.56 Å². The van der Waals surface area contributed by atoms with E-state index in [-0.39, 0.29) is 0 Å². The Morgan fingerprint density at radius 3 is 2.54 bits per heavy atom. The van der Waals surface area contributed by atoms with Crippen molar-refractivity contribution in [1.82, 2.24) is 4.90 Å². The van der Waals surface area contributed by atoms with E-state index >= 15 is 0 Å². The van der Waals surface area contributed by atoms with Gasteiger partial charge in [0, 0.05) is 31.9 Å².